The average molecular weight is 215 g/mol. The third kappa shape index (κ3) is 10.2. The fourth-order valence-electron chi connectivity index (χ4n) is 1.28. The van der Waals surface area contributed by atoms with Gasteiger partial charge in [-0.15, -0.1) is 0 Å². The van der Waals surface area contributed by atoms with Crippen LogP contribution in [0.2, 0.25) is 0 Å². The van der Waals surface area contributed by atoms with E-state index >= 15 is 0 Å². The van der Waals surface area contributed by atoms with Crippen molar-refractivity contribution in [3.05, 3.63) is 0 Å². The van der Waals surface area contributed by atoms with Crippen molar-refractivity contribution in [2.45, 2.75) is 65.4 Å². The Hall–Kier alpha value is -0.0800. The van der Waals surface area contributed by atoms with Gasteiger partial charge >= 0.3 is 0 Å². The molecule has 0 unspecified atom stereocenters. The van der Waals surface area contributed by atoms with Crippen LogP contribution < -0.4 is 5.32 Å². The van der Waals surface area contributed by atoms with Crippen molar-refractivity contribution in [2.75, 3.05) is 19.7 Å². The number of rotatable bonds is 10. The smallest absolute Gasteiger partial charge is 0.0623 e. The van der Waals surface area contributed by atoms with E-state index in [-0.39, 0.29) is 5.60 Å². The summed E-state index contributed by atoms with van der Waals surface area (Å²) in [7, 11) is 0. The Morgan fingerprint density at radius 3 is 2.33 bits per heavy atom. The zero-order valence-corrected chi connectivity index (χ0v) is 11.1. The lowest BCUT2D eigenvalue weighted by molar-refractivity contribution is -0.0216. The molecule has 0 aromatic carbocycles. The normalized spacial score (nSPS) is 12.0. The van der Waals surface area contributed by atoms with Gasteiger partial charge in [-0.1, -0.05) is 13.8 Å². The standard InChI is InChI=1S/C13H29NO/c1-5-10-14-11-8-7-9-12-15-13(3,4)6-2/h14H,5-12H2,1-4H3. The fraction of sp³-hybridized carbons (Fsp3) is 1.00. The monoisotopic (exact) mass is 215 g/mol. The first kappa shape index (κ1) is 14.9. The Balaban J connectivity index is 3.11. The van der Waals surface area contributed by atoms with Gasteiger partial charge in [0.2, 0.25) is 0 Å². The molecule has 0 bridgehead atoms. The van der Waals surface area contributed by atoms with Gasteiger partial charge in [0.15, 0.2) is 0 Å². The molecule has 0 aliphatic carbocycles. The number of nitrogens with one attached hydrogen (secondary N) is 1. The van der Waals surface area contributed by atoms with Crippen molar-refractivity contribution < 1.29 is 4.74 Å². The summed E-state index contributed by atoms with van der Waals surface area (Å²) >= 11 is 0. The minimum Gasteiger partial charge on any atom is -0.376 e. The Labute approximate surface area is 95.8 Å². The fourth-order valence-corrected chi connectivity index (χ4v) is 1.28. The average Bonchev–Trinajstić information content (AvgIpc) is 2.22. The number of unbranched alkanes of at least 4 members (excludes halogenated alkanes) is 2. The predicted octanol–water partition coefficient (Wildman–Crippen LogP) is 3.36. The predicted molar refractivity (Wildman–Crippen MR) is 67.3 cm³/mol. The van der Waals surface area contributed by atoms with Gasteiger partial charge in [-0.2, -0.15) is 0 Å². The van der Waals surface area contributed by atoms with Gasteiger partial charge in [0.1, 0.15) is 0 Å². The van der Waals surface area contributed by atoms with E-state index in [9.17, 15) is 0 Å². The molecule has 15 heavy (non-hydrogen) atoms. The molecule has 0 fully saturated rings. The van der Waals surface area contributed by atoms with Gasteiger partial charge in [0.25, 0.3) is 0 Å². The summed E-state index contributed by atoms with van der Waals surface area (Å²) in [5, 5.41) is 3.41. The summed E-state index contributed by atoms with van der Waals surface area (Å²) in [5.41, 5.74) is 0.0699. The lowest BCUT2D eigenvalue weighted by atomic mass is 10.1. The summed E-state index contributed by atoms with van der Waals surface area (Å²) in [5.74, 6) is 0. The van der Waals surface area contributed by atoms with Gasteiger partial charge in [-0.25, -0.2) is 0 Å². The quantitative estimate of drug-likeness (QED) is 0.564. The molecule has 0 aromatic rings. The first-order chi connectivity index (χ1) is 7.12. The van der Waals surface area contributed by atoms with Crippen LogP contribution in [0.25, 0.3) is 0 Å². The van der Waals surface area contributed by atoms with E-state index in [0.717, 1.165) is 26.1 Å². The highest BCUT2D eigenvalue weighted by atomic mass is 16.5. The maximum atomic E-state index is 5.79. The first-order valence-corrected chi connectivity index (χ1v) is 6.47. The van der Waals surface area contributed by atoms with E-state index in [4.69, 9.17) is 4.74 Å². The molecule has 0 radical (unpaired) electrons. The molecule has 1 N–H and O–H groups in total. The second-order valence-electron chi connectivity index (χ2n) is 4.77. The van der Waals surface area contributed by atoms with Gasteiger partial charge in [0, 0.05) is 6.61 Å². The molecule has 0 aliphatic rings. The molecule has 0 heterocycles. The van der Waals surface area contributed by atoms with Gasteiger partial charge < -0.3 is 10.1 Å². The molecule has 2 heteroatoms. The molecule has 0 saturated carbocycles. The van der Waals surface area contributed by atoms with Gasteiger partial charge in [-0.3, -0.25) is 0 Å². The van der Waals surface area contributed by atoms with Crippen molar-refractivity contribution in [1.29, 1.82) is 0 Å². The molecule has 0 atom stereocenters. The largest absolute Gasteiger partial charge is 0.376 e. The zero-order valence-electron chi connectivity index (χ0n) is 11.1. The minimum absolute atomic E-state index is 0.0699. The van der Waals surface area contributed by atoms with Crippen LogP contribution in [0.1, 0.15) is 59.8 Å². The molecular weight excluding hydrogens is 186 g/mol. The molecule has 0 aromatic heterocycles. The molecular formula is C13H29NO. The number of hydrogen-bond acceptors (Lipinski definition) is 2. The summed E-state index contributed by atoms with van der Waals surface area (Å²) in [6.07, 6.45) is 6.06. The Morgan fingerprint density at radius 1 is 1.00 bits per heavy atom. The van der Waals surface area contributed by atoms with E-state index < -0.39 is 0 Å². The lowest BCUT2D eigenvalue weighted by Crippen LogP contribution is -2.23. The summed E-state index contributed by atoms with van der Waals surface area (Å²) in [4.78, 5) is 0. The summed E-state index contributed by atoms with van der Waals surface area (Å²) in [6, 6.07) is 0. The van der Waals surface area contributed by atoms with Crippen LogP contribution in [0.3, 0.4) is 0 Å². The van der Waals surface area contributed by atoms with Crippen molar-refractivity contribution in [2.24, 2.45) is 0 Å². The molecule has 0 aliphatic heterocycles. The van der Waals surface area contributed by atoms with Gasteiger partial charge in [0.05, 0.1) is 5.60 Å². The number of ether oxygens (including phenoxy) is 1. The second-order valence-corrected chi connectivity index (χ2v) is 4.77. The molecule has 2 nitrogen and oxygen atoms in total. The molecule has 0 saturated heterocycles. The molecule has 0 amide bonds. The highest BCUT2D eigenvalue weighted by Gasteiger charge is 2.13. The SMILES string of the molecule is CCCNCCCCCOC(C)(C)CC. The Kier molecular flexibility index (Phi) is 9.12. The van der Waals surface area contributed by atoms with Crippen LogP contribution in [-0.4, -0.2) is 25.3 Å². The van der Waals surface area contributed by atoms with Crippen LogP contribution in [-0.2, 0) is 4.74 Å². The highest BCUT2D eigenvalue weighted by Crippen LogP contribution is 2.14. The van der Waals surface area contributed by atoms with Crippen LogP contribution in [0, 0.1) is 0 Å². The summed E-state index contributed by atoms with van der Waals surface area (Å²) < 4.78 is 5.79. The molecule has 0 rings (SSSR count). The van der Waals surface area contributed by atoms with E-state index in [2.05, 4.69) is 33.0 Å². The third-order valence-corrected chi connectivity index (χ3v) is 2.77. The third-order valence-electron chi connectivity index (χ3n) is 2.77. The van der Waals surface area contributed by atoms with E-state index in [0.29, 0.717) is 0 Å². The van der Waals surface area contributed by atoms with Crippen molar-refractivity contribution in [1.82, 2.24) is 5.32 Å². The molecule has 92 valence electrons. The first-order valence-electron chi connectivity index (χ1n) is 6.47. The van der Waals surface area contributed by atoms with Crippen LogP contribution in [0.4, 0.5) is 0 Å². The number of hydrogen-bond donors (Lipinski definition) is 1. The topological polar surface area (TPSA) is 21.3 Å². The Bertz CT molecular complexity index is 134. The van der Waals surface area contributed by atoms with Crippen molar-refractivity contribution in [3.63, 3.8) is 0 Å². The maximum Gasteiger partial charge on any atom is 0.0623 e. The highest BCUT2D eigenvalue weighted by molar-refractivity contribution is 4.64. The molecule has 0 spiro atoms. The van der Waals surface area contributed by atoms with E-state index in [1.807, 2.05) is 0 Å². The van der Waals surface area contributed by atoms with Gasteiger partial charge in [-0.05, 0) is 59.0 Å². The summed E-state index contributed by atoms with van der Waals surface area (Å²) in [6.45, 7) is 11.9. The van der Waals surface area contributed by atoms with Crippen LogP contribution in [0.15, 0.2) is 0 Å². The zero-order chi connectivity index (χ0) is 11.6. The van der Waals surface area contributed by atoms with Crippen LogP contribution in [0.5, 0.6) is 0 Å². The second kappa shape index (κ2) is 9.17. The Morgan fingerprint density at radius 2 is 1.73 bits per heavy atom. The van der Waals surface area contributed by atoms with Crippen LogP contribution >= 0.6 is 0 Å². The maximum absolute atomic E-state index is 5.79. The van der Waals surface area contributed by atoms with Crippen molar-refractivity contribution >= 4 is 0 Å². The van der Waals surface area contributed by atoms with Crippen molar-refractivity contribution in [3.8, 4) is 0 Å². The lowest BCUT2D eigenvalue weighted by Gasteiger charge is -2.23. The van der Waals surface area contributed by atoms with E-state index in [1.54, 1.807) is 0 Å². The van der Waals surface area contributed by atoms with E-state index in [1.165, 1.54) is 25.7 Å². The minimum atomic E-state index is 0.0699.